The van der Waals surface area contributed by atoms with Crippen molar-refractivity contribution in [3.8, 4) is 0 Å². The molecule has 3 nitrogen and oxygen atoms in total. The summed E-state index contributed by atoms with van der Waals surface area (Å²) >= 11 is 1.66. The van der Waals surface area contributed by atoms with Crippen LogP contribution in [0.1, 0.15) is 33.5 Å². The van der Waals surface area contributed by atoms with Crippen molar-refractivity contribution in [2.24, 2.45) is 5.92 Å². The molecular formula is C14H22N2OS. The second-order valence-electron chi connectivity index (χ2n) is 5.03. The summed E-state index contributed by atoms with van der Waals surface area (Å²) in [5, 5.41) is 3.20. The van der Waals surface area contributed by atoms with Crippen molar-refractivity contribution >= 4 is 17.2 Å². The van der Waals surface area contributed by atoms with Crippen LogP contribution in [0.25, 0.3) is 0 Å². The number of likely N-dealkylation sites (tertiary alicyclic amines) is 1. The van der Waals surface area contributed by atoms with Crippen molar-refractivity contribution in [1.29, 1.82) is 0 Å². The molecule has 1 atom stereocenters. The standard InChI is InChI=1S/C14H22N2OS/c1-4-12-10(2)7-13(18-12)14(17)16-6-5-11(9-16)8-15-3/h7,11,15H,4-6,8-9H2,1-3H3. The third-order valence-electron chi connectivity index (χ3n) is 3.62. The first kappa shape index (κ1) is 13.6. The van der Waals surface area contributed by atoms with Crippen LogP contribution < -0.4 is 5.32 Å². The molecule has 4 heteroatoms. The fraction of sp³-hybridized carbons (Fsp3) is 0.643. The van der Waals surface area contributed by atoms with Crippen LogP contribution in [-0.4, -0.2) is 37.5 Å². The zero-order valence-corrected chi connectivity index (χ0v) is 12.3. The molecule has 0 bridgehead atoms. The molecule has 1 amide bonds. The maximum atomic E-state index is 12.4. The minimum atomic E-state index is 0.224. The molecule has 0 saturated carbocycles. The van der Waals surface area contributed by atoms with E-state index in [0.717, 1.165) is 37.4 Å². The molecule has 1 saturated heterocycles. The molecule has 1 aliphatic heterocycles. The van der Waals surface area contributed by atoms with Crippen LogP contribution in [0, 0.1) is 12.8 Å². The van der Waals surface area contributed by atoms with E-state index < -0.39 is 0 Å². The maximum absolute atomic E-state index is 12.4. The molecule has 0 spiro atoms. The Kier molecular flexibility index (Phi) is 4.40. The Hall–Kier alpha value is -0.870. The highest BCUT2D eigenvalue weighted by atomic mass is 32.1. The minimum Gasteiger partial charge on any atom is -0.338 e. The van der Waals surface area contributed by atoms with Gasteiger partial charge in [-0.15, -0.1) is 11.3 Å². The van der Waals surface area contributed by atoms with E-state index in [1.54, 1.807) is 11.3 Å². The lowest BCUT2D eigenvalue weighted by Crippen LogP contribution is -2.29. The number of rotatable bonds is 4. The first-order valence-electron chi connectivity index (χ1n) is 6.68. The van der Waals surface area contributed by atoms with Crippen LogP contribution in [0.2, 0.25) is 0 Å². The monoisotopic (exact) mass is 266 g/mol. The lowest BCUT2D eigenvalue weighted by molar-refractivity contribution is 0.0792. The van der Waals surface area contributed by atoms with Gasteiger partial charge in [0.25, 0.3) is 5.91 Å². The van der Waals surface area contributed by atoms with Gasteiger partial charge in [0.15, 0.2) is 0 Å². The first-order valence-corrected chi connectivity index (χ1v) is 7.50. The van der Waals surface area contributed by atoms with Gasteiger partial charge in [-0.3, -0.25) is 4.79 Å². The molecule has 0 aliphatic carbocycles. The van der Waals surface area contributed by atoms with Gasteiger partial charge in [0.2, 0.25) is 0 Å². The van der Waals surface area contributed by atoms with E-state index in [1.165, 1.54) is 10.4 Å². The minimum absolute atomic E-state index is 0.224. The average Bonchev–Trinajstić information content (AvgIpc) is 2.95. The van der Waals surface area contributed by atoms with Gasteiger partial charge < -0.3 is 10.2 Å². The van der Waals surface area contributed by atoms with Gasteiger partial charge in [0.1, 0.15) is 0 Å². The molecule has 1 aromatic heterocycles. The second-order valence-corrected chi connectivity index (χ2v) is 6.17. The van der Waals surface area contributed by atoms with Gasteiger partial charge in [-0.25, -0.2) is 0 Å². The Labute approximate surface area is 113 Å². The predicted octanol–water partition coefficient (Wildman–Crippen LogP) is 2.30. The summed E-state index contributed by atoms with van der Waals surface area (Å²) in [6.07, 6.45) is 2.14. The number of hydrogen-bond donors (Lipinski definition) is 1. The SMILES string of the molecule is CCc1sc(C(=O)N2CCC(CNC)C2)cc1C. The third-order valence-corrected chi connectivity index (χ3v) is 4.99. The van der Waals surface area contributed by atoms with Crippen molar-refractivity contribution in [3.05, 3.63) is 21.4 Å². The van der Waals surface area contributed by atoms with Gasteiger partial charge in [0, 0.05) is 18.0 Å². The average molecular weight is 266 g/mol. The Morgan fingerprint density at radius 2 is 2.39 bits per heavy atom. The van der Waals surface area contributed by atoms with Gasteiger partial charge in [-0.05, 0) is 50.9 Å². The topological polar surface area (TPSA) is 32.3 Å². The van der Waals surface area contributed by atoms with Crippen LogP contribution in [0.3, 0.4) is 0 Å². The number of carbonyl (C=O) groups is 1. The fourth-order valence-corrected chi connectivity index (χ4v) is 3.69. The smallest absolute Gasteiger partial charge is 0.263 e. The zero-order valence-electron chi connectivity index (χ0n) is 11.5. The fourth-order valence-electron chi connectivity index (χ4n) is 2.60. The summed E-state index contributed by atoms with van der Waals surface area (Å²) in [6, 6.07) is 2.05. The van der Waals surface area contributed by atoms with Crippen LogP contribution in [0.15, 0.2) is 6.07 Å². The van der Waals surface area contributed by atoms with Crippen LogP contribution in [0.5, 0.6) is 0 Å². The van der Waals surface area contributed by atoms with Gasteiger partial charge in [-0.2, -0.15) is 0 Å². The number of nitrogens with zero attached hydrogens (tertiary/aromatic N) is 1. The molecule has 1 aromatic rings. The molecule has 18 heavy (non-hydrogen) atoms. The molecule has 0 radical (unpaired) electrons. The van der Waals surface area contributed by atoms with E-state index in [-0.39, 0.29) is 5.91 Å². The molecule has 1 aliphatic rings. The third kappa shape index (κ3) is 2.75. The zero-order chi connectivity index (χ0) is 13.1. The summed E-state index contributed by atoms with van der Waals surface area (Å²) in [7, 11) is 1.97. The summed E-state index contributed by atoms with van der Waals surface area (Å²) < 4.78 is 0. The highest BCUT2D eigenvalue weighted by Gasteiger charge is 2.27. The first-order chi connectivity index (χ1) is 8.65. The largest absolute Gasteiger partial charge is 0.338 e. The van der Waals surface area contributed by atoms with E-state index in [4.69, 9.17) is 0 Å². The van der Waals surface area contributed by atoms with E-state index in [0.29, 0.717) is 5.92 Å². The van der Waals surface area contributed by atoms with Gasteiger partial charge in [0.05, 0.1) is 4.88 Å². The maximum Gasteiger partial charge on any atom is 0.263 e. The Bertz CT molecular complexity index is 427. The lowest BCUT2D eigenvalue weighted by Gasteiger charge is -2.15. The number of hydrogen-bond acceptors (Lipinski definition) is 3. The molecular weight excluding hydrogens is 244 g/mol. The number of thiophene rings is 1. The number of carbonyl (C=O) groups excluding carboxylic acids is 1. The highest BCUT2D eigenvalue weighted by Crippen LogP contribution is 2.26. The predicted molar refractivity (Wildman–Crippen MR) is 76.4 cm³/mol. The van der Waals surface area contributed by atoms with Crippen LogP contribution in [0.4, 0.5) is 0 Å². The summed E-state index contributed by atoms with van der Waals surface area (Å²) in [5.41, 5.74) is 1.26. The number of nitrogens with one attached hydrogen (secondary N) is 1. The van der Waals surface area contributed by atoms with E-state index in [2.05, 4.69) is 25.2 Å². The van der Waals surface area contributed by atoms with E-state index >= 15 is 0 Å². The quantitative estimate of drug-likeness (QED) is 0.907. The van der Waals surface area contributed by atoms with Gasteiger partial charge >= 0.3 is 0 Å². The molecule has 1 N–H and O–H groups in total. The molecule has 2 heterocycles. The lowest BCUT2D eigenvalue weighted by atomic mass is 10.1. The van der Waals surface area contributed by atoms with Crippen LogP contribution >= 0.6 is 11.3 Å². The normalized spacial score (nSPS) is 19.5. The molecule has 2 rings (SSSR count). The molecule has 0 aromatic carbocycles. The Balaban J connectivity index is 2.03. The van der Waals surface area contributed by atoms with Crippen molar-refractivity contribution in [2.75, 3.05) is 26.7 Å². The van der Waals surface area contributed by atoms with E-state index in [1.807, 2.05) is 11.9 Å². The molecule has 1 fully saturated rings. The van der Waals surface area contributed by atoms with Crippen molar-refractivity contribution in [1.82, 2.24) is 10.2 Å². The van der Waals surface area contributed by atoms with Crippen molar-refractivity contribution in [2.45, 2.75) is 26.7 Å². The number of aryl methyl sites for hydroxylation is 2. The summed E-state index contributed by atoms with van der Waals surface area (Å²) in [6.45, 7) is 7.06. The van der Waals surface area contributed by atoms with Crippen LogP contribution in [-0.2, 0) is 6.42 Å². The summed E-state index contributed by atoms with van der Waals surface area (Å²) in [4.78, 5) is 16.6. The summed E-state index contributed by atoms with van der Waals surface area (Å²) in [5.74, 6) is 0.840. The second kappa shape index (κ2) is 5.85. The molecule has 100 valence electrons. The van der Waals surface area contributed by atoms with E-state index in [9.17, 15) is 4.79 Å². The van der Waals surface area contributed by atoms with Crippen molar-refractivity contribution in [3.63, 3.8) is 0 Å². The molecule has 1 unspecified atom stereocenters. The van der Waals surface area contributed by atoms with Gasteiger partial charge in [-0.1, -0.05) is 6.92 Å². The van der Waals surface area contributed by atoms with Crippen molar-refractivity contribution < 1.29 is 4.79 Å². The Morgan fingerprint density at radius 3 is 3.00 bits per heavy atom. The Morgan fingerprint density at radius 1 is 1.61 bits per heavy atom. The number of amides is 1. The highest BCUT2D eigenvalue weighted by molar-refractivity contribution is 7.14.